The number of anilines is 2. The average Bonchev–Trinajstić information content (AvgIpc) is 2.56. The Morgan fingerprint density at radius 3 is 2.22 bits per heavy atom. The van der Waals surface area contributed by atoms with Crippen molar-refractivity contribution in [3.05, 3.63) is 66.2 Å². The molecule has 0 aliphatic carbocycles. The second-order valence-corrected chi connectivity index (χ2v) is 4.66. The summed E-state index contributed by atoms with van der Waals surface area (Å²) in [6, 6.07) is 18.0. The van der Waals surface area contributed by atoms with Gasteiger partial charge in [0.25, 0.3) is 0 Å². The van der Waals surface area contributed by atoms with Crippen LogP contribution >= 0.6 is 0 Å². The lowest BCUT2D eigenvalue weighted by atomic mass is 10.2. The molecule has 0 bridgehead atoms. The minimum atomic E-state index is -0.422. The Kier molecular flexibility index (Phi) is 5.67. The van der Waals surface area contributed by atoms with E-state index in [0.29, 0.717) is 11.4 Å². The molecule has 5 nitrogen and oxygen atoms in total. The van der Waals surface area contributed by atoms with Gasteiger partial charge in [-0.1, -0.05) is 42.5 Å². The summed E-state index contributed by atoms with van der Waals surface area (Å²) in [5, 5.41) is 13.8. The van der Waals surface area contributed by atoms with Crippen molar-refractivity contribution < 1.29 is 9.59 Å². The number of hydrogen-bond donors (Lipinski definition) is 2. The van der Waals surface area contributed by atoms with Crippen LogP contribution in [0.25, 0.3) is 6.08 Å². The molecule has 2 aromatic carbocycles. The number of hydrogen-bond acceptors (Lipinski definition) is 3. The highest BCUT2D eigenvalue weighted by atomic mass is 16.2. The molecule has 2 aromatic rings. The molecule has 0 aliphatic rings. The minimum absolute atomic E-state index is 0.240. The summed E-state index contributed by atoms with van der Waals surface area (Å²) in [5.74, 6) is -0.732. The monoisotopic (exact) mass is 305 g/mol. The van der Waals surface area contributed by atoms with Crippen LogP contribution < -0.4 is 10.6 Å². The quantitative estimate of drug-likeness (QED) is 0.832. The number of nitrogens with one attached hydrogen (secondary N) is 2. The number of para-hydroxylation sites is 2. The van der Waals surface area contributed by atoms with Crippen LogP contribution in [0.4, 0.5) is 11.4 Å². The van der Waals surface area contributed by atoms with E-state index in [1.807, 2.05) is 30.3 Å². The van der Waals surface area contributed by atoms with Crippen LogP contribution in [0.1, 0.15) is 12.0 Å². The lowest BCUT2D eigenvalue weighted by molar-refractivity contribution is -0.115. The van der Waals surface area contributed by atoms with Crippen LogP contribution in [0, 0.1) is 11.3 Å². The molecule has 0 unspecified atom stereocenters. The van der Waals surface area contributed by atoms with Crippen molar-refractivity contribution in [1.29, 1.82) is 5.26 Å². The Bertz CT molecular complexity index is 761. The summed E-state index contributed by atoms with van der Waals surface area (Å²) in [6.45, 7) is 0. The lowest BCUT2D eigenvalue weighted by Gasteiger charge is -2.10. The van der Waals surface area contributed by atoms with Crippen molar-refractivity contribution in [3.63, 3.8) is 0 Å². The van der Waals surface area contributed by atoms with Gasteiger partial charge in [-0.15, -0.1) is 0 Å². The number of nitrogens with zero attached hydrogens (tertiary/aromatic N) is 1. The molecule has 0 heterocycles. The Balaban J connectivity index is 2.05. The maximum absolute atomic E-state index is 12.0. The van der Waals surface area contributed by atoms with Gasteiger partial charge < -0.3 is 10.6 Å². The van der Waals surface area contributed by atoms with E-state index in [1.165, 1.54) is 6.08 Å². The van der Waals surface area contributed by atoms with E-state index >= 15 is 0 Å². The Labute approximate surface area is 134 Å². The van der Waals surface area contributed by atoms with Gasteiger partial charge in [0.1, 0.15) is 6.42 Å². The van der Waals surface area contributed by atoms with Crippen molar-refractivity contribution in [2.45, 2.75) is 6.42 Å². The zero-order valence-electron chi connectivity index (χ0n) is 12.3. The molecule has 0 spiro atoms. The zero-order chi connectivity index (χ0) is 16.5. The normalized spacial score (nSPS) is 10.0. The second kappa shape index (κ2) is 8.15. The van der Waals surface area contributed by atoms with E-state index < -0.39 is 5.91 Å². The van der Waals surface area contributed by atoms with Gasteiger partial charge in [-0.25, -0.2) is 0 Å². The topological polar surface area (TPSA) is 82.0 Å². The summed E-state index contributed by atoms with van der Waals surface area (Å²) in [7, 11) is 0. The largest absolute Gasteiger partial charge is 0.323 e. The summed E-state index contributed by atoms with van der Waals surface area (Å²) in [4.78, 5) is 23.5. The fourth-order valence-corrected chi connectivity index (χ4v) is 1.88. The van der Waals surface area contributed by atoms with Crippen molar-refractivity contribution in [1.82, 2.24) is 0 Å². The Hall–Kier alpha value is -3.39. The first-order chi connectivity index (χ1) is 11.2. The van der Waals surface area contributed by atoms with Crippen molar-refractivity contribution in [2.24, 2.45) is 0 Å². The molecular weight excluding hydrogens is 290 g/mol. The van der Waals surface area contributed by atoms with Gasteiger partial charge in [0.05, 0.1) is 17.4 Å². The minimum Gasteiger partial charge on any atom is -0.323 e. The maximum Gasteiger partial charge on any atom is 0.248 e. The van der Waals surface area contributed by atoms with Gasteiger partial charge in [0, 0.05) is 6.08 Å². The highest BCUT2D eigenvalue weighted by molar-refractivity contribution is 6.05. The SMILES string of the molecule is N#CCC(=O)Nc1ccccc1NC(=O)/C=C/c1ccccc1. The third-order valence-corrected chi connectivity index (χ3v) is 2.93. The first kappa shape index (κ1) is 16.0. The number of benzene rings is 2. The summed E-state index contributed by atoms with van der Waals surface area (Å²) in [5.41, 5.74) is 1.84. The molecule has 5 heteroatoms. The standard InChI is InChI=1S/C18H15N3O2/c19-13-12-18(23)21-16-9-5-4-8-15(16)20-17(22)11-10-14-6-2-1-3-7-14/h1-11H,12H2,(H,20,22)(H,21,23)/b11-10+. The Morgan fingerprint density at radius 2 is 1.57 bits per heavy atom. The van der Waals surface area contributed by atoms with Gasteiger partial charge in [-0.3, -0.25) is 9.59 Å². The van der Waals surface area contributed by atoms with Crippen molar-refractivity contribution in [3.8, 4) is 6.07 Å². The van der Waals surface area contributed by atoms with E-state index in [1.54, 1.807) is 36.4 Å². The zero-order valence-corrected chi connectivity index (χ0v) is 12.3. The molecular formula is C18H15N3O2. The molecule has 0 aromatic heterocycles. The van der Waals surface area contributed by atoms with E-state index in [9.17, 15) is 9.59 Å². The number of carbonyl (C=O) groups excluding carboxylic acids is 2. The predicted octanol–water partition coefficient (Wildman–Crippen LogP) is 3.19. The first-order valence-electron chi connectivity index (χ1n) is 6.99. The average molecular weight is 305 g/mol. The third kappa shape index (κ3) is 5.14. The van der Waals surface area contributed by atoms with E-state index in [2.05, 4.69) is 10.6 Å². The maximum atomic E-state index is 12.0. The van der Waals surface area contributed by atoms with Crippen molar-refractivity contribution in [2.75, 3.05) is 10.6 Å². The van der Waals surface area contributed by atoms with Crippen LogP contribution in [-0.4, -0.2) is 11.8 Å². The molecule has 0 fully saturated rings. The number of amides is 2. The fraction of sp³-hybridized carbons (Fsp3) is 0.0556. The number of rotatable bonds is 5. The van der Waals surface area contributed by atoms with Crippen LogP contribution in [0.2, 0.25) is 0 Å². The third-order valence-electron chi connectivity index (χ3n) is 2.93. The fourth-order valence-electron chi connectivity index (χ4n) is 1.88. The number of nitriles is 1. The van der Waals surface area contributed by atoms with Gasteiger partial charge in [-0.2, -0.15) is 5.26 Å². The van der Waals surface area contributed by atoms with E-state index in [0.717, 1.165) is 5.56 Å². The first-order valence-corrected chi connectivity index (χ1v) is 6.99. The molecule has 2 amide bonds. The molecule has 0 saturated heterocycles. The highest BCUT2D eigenvalue weighted by Crippen LogP contribution is 2.21. The smallest absolute Gasteiger partial charge is 0.248 e. The molecule has 23 heavy (non-hydrogen) atoms. The molecule has 114 valence electrons. The van der Waals surface area contributed by atoms with Crippen LogP contribution in [-0.2, 0) is 9.59 Å². The van der Waals surface area contributed by atoms with E-state index in [-0.39, 0.29) is 12.3 Å². The molecule has 2 N–H and O–H groups in total. The lowest BCUT2D eigenvalue weighted by Crippen LogP contribution is -2.14. The molecule has 2 rings (SSSR count). The van der Waals surface area contributed by atoms with E-state index in [4.69, 9.17) is 5.26 Å². The molecule has 0 saturated carbocycles. The van der Waals surface area contributed by atoms with Crippen LogP contribution in [0.15, 0.2) is 60.7 Å². The number of carbonyl (C=O) groups is 2. The van der Waals surface area contributed by atoms with Gasteiger partial charge in [-0.05, 0) is 23.8 Å². The van der Waals surface area contributed by atoms with Crippen molar-refractivity contribution >= 4 is 29.3 Å². The summed E-state index contributed by atoms with van der Waals surface area (Å²) < 4.78 is 0. The predicted molar refractivity (Wildman–Crippen MR) is 89.4 cm³/mol. The highest BCUT2D eigenvalue weighted by Gasteiger charge is 2.07. The molecule has 0 atom stereocenters. The Morgan fingerprint density at radius 1 is 0.957 bits per heavy atom. The van der Waals surface area contributed by atoms with Gasteiger partial charge in [0.2, 0.25) is 11.8 Å². The molecule has 0 aliphatic heterocycles. The second-order valence-electron chi connectivity index (χ2n) is 4.66. The summed E-state index contributed by atoms with van der Waals surface area (Å²) >= 11 is 0. The van der Waals surface area contributed by atoms with Crippen LogP contribution in [0.5, 0.6) is 0 Å². The molecule has 0 radical (unpaired) electrons. The van der Waals surface area contributed by atoms with Gasteiger partial charge in [0.15, 0.2) is 0 Å². The van der Waals surface area contributed by atoms with Crippen LogP contribution in [0.3, 0.4) is 0 Å². The van der Waals surface area contributed by atoms with Gasteiger partial charge >= 0.3 is 0 Å². The summed E-state index contributed by atoms with van der Waals surface area (Å²) in [6.07, 6.45) is 2.88.